The number of nitrogens with one attached hydrogen (secondary N) is 1. The predicted molar refractivity (Wildman–Crippen MR) is 77.0 cm³/mol. The highest BCUT2D eigenvalue weighted by molar-refractivity contribution is 5.94. The first-order valence-corrected chi connectivity index (χ1v) is 6.59. The van der Waals surface area contributed by atoms with Crippen LogP contribution in [0.1, 0.15) is 48.2 Å². The van der Waals surface area contributed by atoms with Crippen LogP contribution in [0.3, 0.4) is 0 Å². The van der Waals surface area contributed by atoms with Crippen LogP contribution in [0.15, 0.2) is 18.2 Å². The van der Waals surface area contributed by atoms with Gasteiger partial charge in [0, 0.05) is 23.6 Å². The Hall–Kier alpha value is -1.79. The number of carbonyl (C=O) groups is 1. The van der Waals surface area contributed by atoms with E-state index in [0.717, 1.165) is 17.5 Å². The normalized spacial score (nSPS) is 11.4. The molecule has 0 aliphatic heterocycles. The minimum Gasteiger partial charge on any atom is -0.395 e. The molecule has 1 rings (SSSR count). The molecule has 0 bridgehead atoms. The highest BCUT2D eigenvalue weighted by atomic mass is 16.2. The van der Waals surface area contributed by atoms with Gasteiger partial charge in [-0.2, -0.15) is 0 Å². The van der Waals surface area contributed by atoms with E-state index in [-0.39, 0.29) is 18.6 Å². The molecule has 0 radical (unpaired) electrons. The van der Waals surface area contributed by atoms with Crippen LogP contribution in [0.2, 0.25) is 0 Å². The summed E-state index contributed by atoms with van der Waals surface area (Å²) < 4.78 is 0. The molecule has 0 aromatic heterocycles. The highest BCUT2D eigenvalue weighted by Crippen LogP contribution is 2.10. The van der Waals surface area contributed by atoms with Crippen LogP contribution in [-0.4, -0.2) is 23.7 Å². The summed E-state index contributed by atoms with van der Waals surface area (Å²) in [5.41, 5.74) is 2.50. The molecule has 0 fully saturated rings. The Morgan fingerprint density at radius 3 is 2.84 bits per heavy atom. The van der Waals surface area contributed by atoms with Gasteiger partial charge >= 0.3 is 0 Å². The standard InChI is InChI=1S/C16H21NO2/c1-4-13(3)17-16(19)15-9-8-12(2)14(11-15)7-5-6-10-18/h8-9,11,13,18H,4,6,10H2,1-3H3,(H,17,19). The summed E-state index contributed by atoms with van der Waals surface area (Å²) in [6, 6.07) is 5.67. The van der Waals surface area contributed by atoms with Gasteiger partial charge in [0.2, 0.25) is 0 Å². The number of aryl methyl sites for hydroxylation is 1. The molecule has 2 N–H and O–H groups in total. The topological polar surface area (TPSA) is 49.3 Å². The summed E-state index contributed by atoms with van der Waals surface area (Å²) in [7, 11) is 0. The van der Waals surface area contributed by atoms with Gasteiger partial charge < -0.3 is 10.4 Å². The largest absolute Gasteiger partial charge is 0.395 e. The number of aliphatic hydroxyl groups is 1. The number of rotatable bonds is 4. The van der Waals surface area contributed by atoms with Crippen molar-refractivity contribution in [2.24, 2.45) is 0 Å². The van der Waals surface area contributed by atoms with Gasteiger partial charge in [-0.3, -0.25) is 4.79 Å². The number of aliphatic hydroxyl groups excluding tert-OH is 1. The lowest BCUT2D eigenvalue weighted by Crippen LogP contribution is -2.31. The number of hydrogen-bond donors (Lipinski definition) is 2. The first-order valence-electron chi connectivity index (χ1n) is 6.59. The average molecular weight is 259 g/mol. The van der Waals surface area contributed by atoms with Crippen molar-refractivity contribution in [3.05, 3.63) is 34.9 Å². The zero-order chi connectivity index (χ0) is 14.3. The summed E-state index contributed by atoms with van der Waals surface area (Å²) in [4.78, 5) is 12.0. The van der Waals surface area contributed by atoms with Crippen LogP contribution < -0.4 is 5.32 Å². The van der Waals surface area contributed by atoms with E-state index in [1.807, 2.05) is 32.9 Å². The van der Waals surface area contributed by atoms with Crippen molar-refractivity contribution in [1.29, 1.82) is 0 Å². The molecule has 0 spiro atoms. The average Bonchev–Trinajstić information content (AvgIpc) is 2.40. The first-order chi connectivity index (χ1) is 9.08. The van der Waals surface area contributed by atoms with E-state index in [9.17, 15) is 4.79 Å². The van der Waals surface area contributed by atoms with Crippen molar-refractivity contribution in [1.82, 2.24) is 5.32 Å². The molecule has 1 atom stereocenters. The summed E-state index contributed by atoms with van der Waals surface area (Å²) in [6.07, 6.45) is 1.35. The van der Waals surface area contributed by atoms with Crippen molar-refractivity contribution >= 4 is 5.91 Å². The smallest absolute Gasteiger partial charge is 0.251 e. The van der Waals surface area contributed by atoms with Gasteiger partial charge in [0.25, 0.3) is 5.91 Å². The van der Waals surface area contributed by atoms with Crippen molar-refractivity contribution in [3.8, 4) is 11.8 Å². The minimum atomic E-state index is -0.0699. The Labute approximate surface area is 115 Å². The van der Waals surface area contributed by atoms with Crippen LogP contribution in [0.5, 0.6) is 0 Å². The van der Waals surface area contributed by atoms with Crippen molar-refractivity contribution < 1.29 is 9.90 Å². The quantitative estimate of drug-likeness (QED) is 0.815. The second kappa shape index (κ2) is 7.60. The number of hydrogen-bond acceptors (Lipinski definition) is 2. The van der Waals surface area contributed by atoms with Crippen molar-refractivity contribution in [3.63, 3.8) is 0 Å². The van der Waals surface area contributed by atoms with Gasteiger partial charge in [-0.15, -0.1) is 0 Å². The Bertz CT molecular complexity index is 497. The molecular weight excluding hydrogens is 238 g/mol. The van der Waals surface area contributed by atoms with Crippen molar-refractivity contribution in [2.75, 3.05) is 6.61 Å². The summed E-state index contributed by atoms with van der Waals surface area (Å²) in [5, 5.41) is 11.6. The molecule has 1 unspecified atom stereocenters. The van der Waals surface area contributed by atoms with E-state index in [2.05, 4.69) is 17.2 Å². The van der Waals surface area contributed by atoms with E-state index < -0.39 is 0 Å². The van der Waals surface area contributed by atoms with Gasteiger partial charge in [0.05, 0.1) is 6.61 Å². The van der Waals surface area contributed by atoms with E-state index in [1.54, 1.807) is 6.07 Å². The zero-order valence-corrected chi connectivity index (χ0v) is 11.8. The maximum Gasteiger partial charge on any atom is 0.251 e. The molecule has 0 saturated heterocycles. The lowest BCUT2D eigenvalue weighted by molar-refractivity contribution is 0.0939. The Morgan fingerprint density at radius 1 is 1.47 bits per heavy atom. The maximum absolute atomic E-state index is 12.0. The van der Waals surface area contributed by atoms with Gasteiger partial charge in [-0.1, -0.05) is 24.8 Å². The molecule has 1 aromatic carbocycles. The van der Waals surface area contributed by atoms with Crippen LogP contribution >= 0.6 is 0 Å². The van der Waals surface area contributed by atoms with E-state index in [4.69, 9.17) is 5.11 Å². The fourth-order valence-corrected chi connectivity index (χ4v) is 1.52. The fraction of sp³-hybridized carbons (Fsp3) is 0.438. The summed E-state index contributed by atoms with van der Waals surface area (Å²) in [6.45, 7) is 6.03. The summed E-state index contributed by atoms with van der Waals surface area (Å²) >= 11 is 0. The predicted octanol–water partition coefficient (Wildman–Crippen LogP) is 2.26. The number of benzene rings is 1. The molecule has 1 aromatic rings. The Morgan fingerprint density at radius 2 is 2.21 bits per heavy atom. The molecule has 3 heteroatoms. The Kier molecular flexibility index (Phi) is 6.11. The highest BCUT2D eigenvalue weighted by Gasteiger charge is 2.09. The molecule has 0 aliphatic carbocycles. The van der Waals surface area contributed by atoms with Crippen LogP contribution in [-0.2, 0) is 0 Å². The third-order valence-corrected chi connectivity index (χ3v) is 2.95. The van der Waals surface area contributed by atoms with Gasteiger partial charge in [0.15, 0.2) is 0 Å². The monoisotopic (exact) mass is 259 g/mol. The Balaban J connectivity index is 2.90. The molecule has 1 amide bonds. The molecule has 0 aliphatic rings. The number of amides is 1. The van der Waals surface area contributed by atoms with Crippen molar-refractivity contribution in [2.45, 2.75) is 39.7 Å². The summed E-state index contributed by atoms with van der Waals surface area (Å²) in [5.74, 6) is 5.80. The first kappa shape index (κ1) is 15.3. The van der Waals surface area contributed by atoms with E-state index in [0.29, 0.717) is 12.0 Å². The number of carbonyl (C=O) groups excluding carboxylic acids is 1. The molecular formula is C16H21NO2. The zero-order valence-electron chi connectivity index (χ0n) is 11.8. The minimum absolute atomic E-state index is 0.0558. The third kappa shape index (κ3) is 4.76. The lowest BCUT2D eigenvalue weighted by atomic mass is 10.0. The SMILES string of the molecule is CCC(C)NC(=O)c1ccc(C)c(C#CCCO)c1. The second-order valence-corrected chi connectivity index (χ2v) is 4.59. The third-order valence-electron chi connectivity index (χ3n) is 2.95. The lowest BCUT2D eigenvalue weighted by Gasteiger charge is -2.11. The van der Waals surface area contributed by atoms with Crippen LogP contribution in [0, 0.1) is 18.8 Å². The molecule has 102 valence electrons. The molecule has 3 nitrogen and oxygen atoms in total. The van der Waals surface area contributed by atoms with E-state index in [1.165, 1.54) is 0 Å². The second-order valence-electron chi connectivity index (χ2n) is 4.59. The molecule has 0 saturated carbocycles. The van der Waals surface area contributed by atoms with Crippen LogP contribution in [0.4, 0.5) is 0 Å². The van der Waals surface area contributed by atoms with Gasteiger partial charge in [0.1, 0.15) is 0 Å². The van der Waals surface area contributed by atoms with E-state index >= 15 is 0 Å². The van der Waals surface area contributed by atoms with Crippen LogP contribution in [0.25, 0.3) is 0 Å². The fourth-order valence-electron chi connectivity index (χ4n) is 1.52. The van der Waals surface area contributed by atoms with Gasteiger partial charge in [-0.25, -0.2) is 0 Å². The maximum atomic E-state index is 12.0. The van der Waals surface area contributed by atoms with Gasteiger partial charge in [-0.05, 0) is 38.0 Å². The molecule has 19 heavy (non-hydrogen) atoms. The molecule has 0 heterocycles.